The number of pyridine rings is 1. The maximum atomic E-state index is 12.1. The molecule has 0 radical (unpaired) electrons. The van der Waals surface area contributed by atoms with E-state index in [0.717, 1.165) is 22.5 Å². The fourth-order valence-electron chi connectivity index (χ4n) is 1.84. The molecule has 5 nitrogen and oxygen atoms in total. The zero-order valence-corrected chi connectivity index (χ0v) is 12.7. The molecule has 2 aromatic rings. The van der Waals surface area contributed by atoms with Gasteiger partial charge in [-0.05, 0) is 47.8 Å². The molecule has 2 N–H and O–H groups in total. The van der Waals surface area contributed by atoms with Crippen LogP contribution in [0.2, 0.25) is 0 Å². The van der Waals surface area contributed by atoms with Crippen LogP contribution in [0.25, 0.3) is 0 Å². The molecule has 6 heteroatoms. The SMILES string of the molecule is Cc1cnc(Cn2c(C)ncc(Br)c2=O)c(C)c1N. The fourth-order valence-corrected chi connectivity index (χ4v) is 2.16. The van der Waals surface area contributed by atoms with Crippen LogP contribution in [-0.2, 0) is 6.54 Å². The lowest BCUT2D eigenvalue weighted by molar-refractivity contribution is 0.678. The Bertz CT molecular complexity index is 694. The van der Waals surface area contributed by atoms with Gasteiger partial charge in [0.25, 0.3) is 5.56 Å². The summed E-state index contributed by atoms with van der Waals surface area (Å²) in [6, 6.07) is 0. The van der Waals surface area contributed by atoms with Crippen molar-refractivity contribution in [3.05, 3.63) is 49.9 Å². The first kappa shape index (κ1) is 13.7. The molecule has 100 valence electrons. The lowest BCUT2D eigenvalue weighted by atomic mass is 10.1. The quantitative estimate of drug-likeness (QED) is 0.917. The maximum Gasteiger partial charge on any atom is 0.268 e. The highest BCUT2D eigenvalue weighted by molar-refractivity contribution is 9.10. The zero-order chi connectivity index (χ0) is 14.2. The lowest BCUT2D eigenvalue weighted by Crippen LogP contribution is -2.25. The summed E-state index contributed by atoms with van der Waals surface area (Å²) in [4.78, 5) is 20.6. The minimum Gasteiger partial charge on any atom is -0.398 e. The molecule has 2 rings (SSSR count). The van der Waals surface area contributed by atoms with E-state index in [4.69, 9.17) is 5.73 Å². The first-order valence-electron chi connectivity index (χ1n) is 5.84. The molecule has 0 aliphatic rings. The third-order valence-corrected chi connectivity index (χ3v) is 3.73. The number of nitrogen functional groups attached to an aromatic ring is 1. The minimum atomic E-state index is -0.118. The van der Waals surface area contributed by atoms with Crippen LogP contribution in [0.3, 0.4) is 0 Å². The number of anilines is 1. The number of hydrogen-bond donors (Lipinski definition) is 1. The summed E-state index contributed by atoms with van der Waals surface area (Å²) >= 11 is 3.20. The molecule has 0 amide bonds. The van der Waals surface area contributed by atoms with Crippen LogP contribution in [0.4, 0.5) is 5.69 Å². The number of hydrogen-bond acceptors (Lipinski definition) is 4. The Hall–Kier alpha value is -1.69. The van der Waals surface area contributed by atoms with E-state index in [1.54, 1.807) is 17.7 Å². The van der Waals surface area contributed by atoms with Gasteiger partial charge in [0.2, 0.25) is 0 Å². The van der Waals surface area contributed by atoms with E-state index in [2.05, 4.69) is 25.9 Å². The average molecular weight is 323 g/mol. The van der Waals surface area contributed by atoms with Crippen LogP contribution >= 0.6 is 15.9 Å². The highest BCUT2D eigenvalue weighted by Gasteiger charge is 2.11. The molecule has 2 aromatic heterocycles. The third-order valence-electron chi connectivity index (χ3n) is 3.19. The second kappa shape index (κ2) is 5.13. The minimum absolute atomic E-state index is 0.118. The normalized spacial score (nSPS) is 10.7. The van der Waals surface area contributed by atoms with Crippen molar-refractivity contribution in [2.24, 2.45) is 0 Å². The molecule has 0 unspecified atom stereocenters. The van der Waals surface area contributed by atoms with E-state index in [9.17, 15) is 4.79 Å². The van der Waals surface area contributed by atoms with Crippen LogP contribution in [0.5, 0.6) is 0 Å². The van der Waals surface area contributed by atoms with Crippen LogP contribution < -0.4 is 11.3 Å². The number of halogens is 1. The summed E-state index contributed by atoms with van der Waals surface area (Å²) < 4.78 is 2.02. The molecule has 0 bridgehead atoms. The highest BCUT2D eigenvalue weighted by Crippen LogP contribution is 2.18. The molecule has 0 saturated heterocycles. The largest absolute Gasteiger partial charge is 0.398 e. The van der Waals surface area contributed by atoms with Crippen molar-refractivity contribution >= 4 is 21.6 Å². The molecular formula is C13H15BrN4O. The zero-order valence-electron chi connectivity index (χ0n) is 11.1. The molecule has 19 heavy (non-hydrogen) atoms. The Morgan fingerprint density at radius 1 is 1.26 bits per heavy atom. The van der Waals surface area contributed by atoms with Gasteiger partial charge in [0, 0.05) is 18.1 Å². The van der Waals surface area contributed by atoms with Crippen LogP contribution in [0, 0.1) is 20.8 Å². The topological polar surface area (TPSA) is 73.8 Å². The van der Waals surface area contributed by atoms with E-state index in [0.29, 0.717) is 16.8 Å². The van der Waals surface area contributed by atoms with Crippen LogP contribution in [0.15, 0.2) is 21.7 Å². The smallest absolute Gasteiger partial charge is 0.268 e. The first-order valence-corrected chi connectivity index (χ1v) is 6.63. The summed E-state index contributed by atoms with van der Waals surface area (Å²) in [5.74, 6) is 0.647. The number of nitrogens with zero attached hydrogens (tertiary/aromatic N) is 3. The molecule has 0 aromatic carbocycles. The summed E-state index contributed by atoms with van der Waals surface area (Å²) in [6.45, 7) is 5.99. The molecule has 0 atom stereocenters. The summed E-state index contributed by atoms with van der Waals surface area (Å²) in [6.07, 6.45) is 3.24. The Balaban J connectivity index is 2.51. The number of aromatic nitrogens is 3. The van der Waals surface area contributed by atoms with Gasteiger partial charge in [0.05, 0.1) is 12.2 Å². The molecule has 0 saturated carbocycles. The van der Waals surface area contributed by atoms with E-state index >= 15 is 0 Å². The second-order valence-electron chi connectivity index (χ2n) is 4.47. The Morgan fingerprint density at radius 3 is 2.63 bits per heavy atom. The van der Waals surface area contributed by atoms with Crippen molar-refractivity contribution in [3.8, 4) is 0 Å². The van der Waals surface area contributed by atoms with Crippen molar-refractivity contribution in [1.82, 2.24) is 14.5 Å². The number of rotatable bonds is 2. The van der Waals surface area contributed by atoms with E-state index in [1.165, 1.54) is 6.20 Å². The van der Waals surface area contributed by atoms with Crippen molar-refractivity contribution < 1.29 is 0 Å². The Kier molecular flexibility index (Phi) is 3.71. The molecular weight excluding hydrogens is 308 g/mol. The monoisotopic (exact) mass is 322 g/mol. The number of aryl methyl sites for hydroxylation is 2. The van der Waals surface area contributed by atoms with Crippen molar-refractivity contribution in [3.63, 3.8) is 0 Å². The van der Waals surface area contributed by atoms with Crippen molar-refractivity contribution in [2.45, 2.75) is 27.3 Å². The lowest BCUT2D eigenvalue weighted by Gasteiger charge is -2.13. The summed E-state index contributed by atoms with van der Waals surface area (Å²) in [5.41, 5.74) is 9.23. The van der Waals surface area contributed by atoms with Gasteiger partial charge in [-0.25, -0.2) is 4.98 Å². The van der Waals surface area contributed by atoms with Gasteiger partial charge in [0.15, 0.2) is 0 Å². The van der Waals surface area contributed by atoms with E-state index in [-0.39, 0.29) is 5.56 Å². The van der Waals surface area contributed by atoms with E-state index < -0.39 is 0 Å². The number of nitrogens with two attached hydrogens (primary N) is 1. The predicted molar refractivity (Wildman–Crippen MR) is 78.2 cm³/mol. The molecule has 0 spiro atoms. The summed E-state index contributed by atoms with van der Waals surface area (Å²) in [5, 5.41) is 0. The van der Waals surface area contributed by atoms with Gasteiger partial charge >= 0.3 is 0 Å². The van der Waals surface area contributed by atoms with Gasteiger partial charge in [-0.15, -0.1) is 0 Å². The molecule has 0 fully saturated rings. The van der Waals surface area contributed by atoms with Gasteiger partial charge in [0.1, 0.15) is 10.3 Å². The highest BCUT2D eigenvalue weighted by atomic mass is 79.9. The van der Waals surface area contributed by atoms with Crippen molar-refractivity contribution in [2.75, 3.05) is 5.73 Å². The van der Waals surface area contributed by atoms with Gasteiger partial charge in [-0.3, -0.25) is 14.3 Å². The molecule has 2 heterocycles. The predicted octanol–water partition coefficient (Wildman–Crippen LogP) is 1.96. The Morgan fingerprint density at radius 2 is 1.95 bits per heavy atom. The Labute approximate surface area is 119 Å². The first-order chi connectivity index (χ1) is 8.91. The maximum absolute atomic E-state index is 12.1. The van der Waals surface area contributed by atoms with Gasteiger partial charge < -0.3 is 5.73 Å². The fraction of sp³-hybridized carbons (Fsp3) is 0.308. The standard InChI is InChI=1S/C13H15BrN4O/c1-7-4-17-11(8(2)12(7)15)6-18-9(3)16-5-10(14)13(18)19/h4-5H,6H2,1-3H3,(H2,15,17). The molecule has 0 aliphatic carbocycles. The summed E-state index contributed by atoms with van der Waals surface area (Å²) in [7, 11) is 0. The van der Waals surface area contributed by atoms with Crippen LogP contribution in [-0.4, -0.2) is 14.5 Å². The third kappa shape index (κ3) is 2.53. The van der Waals surface area contributed by atoms with Crippen LogP contribution in [0.1, 0.15) is 22.6 Å². The average Bonchev–Trinajstić information content (AvgIpc) is 2.39. The van der Waals surface area contributed by atoms with Gasteiger partial charge in [-0.1, -0.05) is 0 Å². The van der Waals surface area contributed by atoms with Gasteiger partial charge in [-0.2, -0.15) is 0 Å². The second-order valence-corrected chi connectivity index (χ2v) is 5.33. The van der Waals surface area contributed by atoms with Crippen molar-refractivity contribution in [1.29, 1.82) is 0 Å². The van der Waals surface area contributed by atoms with E-state index in [1.807, 2.05) is 13.8 Å². The molecule has 0 aliphatic heterocycles.